The van der Waals surface area contributed by atoms with E-state index in [-0.39, 0.29) is 6.10 Å². The van der Waals surface area contributed by atoms with Crippen LogP contribution in [0.3, 0.4) is 0 Å². The van der Waals surface area contributed by atoms with Gasteiger partial charge in [-0.1, -0.05) is 68.1 Å². The molecule has 20 heavy (non-hydrogen) atoms. The molecule has 104 valence electrons. The Morgan fingerprint density at radius 3 is 2.35 bits per heavy atom. The molecule has 0 amide bonds. The zero-order chi connectivity index (χ0) is 14.4. The van der Waals surface area contributed by atoms with E-state index in [2.05, 4.69) is 56.0 Å². The van der Waals surface area contributed by atoms with E-state index in [1.807, 2.05) is 12.1 Å². The normalized spacial score (nSPS) is 12.1. The molecule has 0 saturated heterocycles. The number of benzene rings is 2. The molecule has 0 aliphatic carbocycles. The summed E-state index contributed by atoms with van der Waals surface area (Å²) >= 11 is 0. The molecular weight excluding hydrogens is 244 g/mol. The quantitative estimate of drug-likeness (QED) is 0.728. The maximum atomic E-state index is 5.73. The predicted octanol–water partition coefficient (Wildman–Crippen LogP) is 4.82. The third kappa shape index (κ3) is 3.17. The average Bonchev–Trinajstić information content (AvgIpc) is 2.53. The molecule has 1 atom stereocenters. The van der Waals surface area contributed by atoms with Crippen LogP contribution in [0.4, 0.5) is 0 Å². The van der Waals surface area contributed by atoms with E-state index in [9.17, 15) is 0 Å². The van der Waals surface area contributed by atoms with Crippen molar-refractivity contribution in [3.05, 3.63) is 77.4 Å². The number of hydrogen-bond donors (Lipinski definition) is 0. The summed E-state index contributed by atoms with van der Waals surface area (Å²) < 4.78 is 5.73. The van der Waals surface area contributed by atoms with E-state index in [0.29, 0.717) is 0 Å². The standard InChI is InChI=1S/C19H22O/c1-4-15-10-6-7-12-17(15)14-19(20-3)18-13-9-8-11-16(18)5-2/h5-13,19H,2,4,14H2,1,3H3. The second-order valence-corrected chi connectivity index (χ2v) is 4.88. The maximum Gasteiger partial charge on any atom is 0.0867 e. The first-order valence-electron chi connectivity index (χ1n) is 7.11. The molecule has 0 aromatic heterocycles. The predicted molar refractivity (Wildman–Crippen MR) is 85.8 cm³/mol. The van der Waals surface area contributed by atoms with Gasteiger partial charge in [0.2, 0.25) is 0 Å². The second kappa shape index (κ2) is 7.06. The molecule has 1 nitrogen and oxygen atoms in total. The fourth-order valence-electron chi connectivity index (χ4n) is 2.61. The fourth-order valence-corrected chi connectivity index (χ4v) is 2.61. The number of ether oxygens (including phenoxy) is 1. The highest BCUT2D eigenvalue weighted by Gasteiger charge is 2.15. The van der Waals surface area contributed by atoms with E-state index in [1.165, 1.54) is 16.7 Å². The monoisotopic (exact) mass is 266 g/mol. The van der Waals surface area contributed by atoms with Gasteiger partial charge in [0.05, 0.1) is 6.10 Å². The van der Waals surface area contributed by atoms with E-state index in [1.54, 1.807) is 7.11 Å². The summed E-state index contributed by atoms with van der Waals surface area (Å²) in [5.41, 5.74) is 5.11. The molecule has 2 aromatic rings. The minimum absolute atomic E-state index is 0.0666. The summed E-state index contributed by atoms with van der Waals surface area (Å²) in [5.74, 6) is 0. The molecule has 0 N–H and O–H groups in total. The van der Waals surface area contributed by atoms with E-state index in [0.717, 1.165) is 18.4 Å². The van der Waals surface area contributed by atoms with Gasteiger partial charge in [0.15, 0.2) is 0 Å². The molecule has 2 rings (SSSR count). The van der Waals surface area contributed by atoms with Crippen LogP contribution in [0.15, 0.2) is 55.1 Å². The Morgan fingerprint density at radius 1 is 1.05 bits per heavy atom. The Balaban J connectivity index is 2.31. The number of rotatable bonds is 6. The Labute approximate surface area is 121 Å². The molecule has 1 heteroatoms. The summed E-state index contributed by atoms with van der Waals surface area (Å²) in [7, 11) is 1.78. The lowest BCUT2D eigenvalue weighted by Gasteiger charge is -2.19. The van der Waals surface area contributed by atoms with Gasteiger partial charge in [-0.05, 0) is 28.7 Å². The van der Waals surface area contributed by atoms with Crippen LogP contribution < -0.4 is 0 Å². The summed E-state index contributed by atoms with van der Waals surface area (Å²) in [5, 5.41) is 0. The molecule has 0 heterocycles. The van der Waals surface area contributed by atoms with Gasteiger partial charge < -0.3 is 4.74 Å². The molecule has 0 saturated carbocycles. The van der Waals surface area contributed by atoms with Gasteiger partial charge in [-0.2, -0.15) is 0 Å². The Morgan fingerprint density at radius 2 is 1.70 bits per heavy atom. The molecule has 2 aromatic carbocycles. The van der Waals surface area contributed by atoms with Crippen LogP contribution in [0, 0.1) is 0 Å². The molecule has 0 aliphatic heterocycles. The lowest BCUT2D eigenvalue weighted by atomic mass is 9.94. The lowest BCUT2D eigenvalue weighted by molar-refractivity contribution is 0.103. The Kier molecular flexibility index (Phi) is 5.14. The molecule has 0 aliphatic rings. The van der Waals surface area contributed by atoms with Crippen LogP contribution in [0.1, 0.15) is 35.3 Å². The molecular formula is C19H22O. The van der Waals surface area contributed by atoms with Crippen LogP contribution in [-0.4, -0.2) is 7.11 Å². The van der Waals surface area contributed by atoms with Gasteiger partial charge in [0.25, 0.3) is 0 Å². The molecule has 0 bridgehead atoms. The third-order valence-electron chi connectivity index (χ3n) is 3.75. The van der Waals surface area contributed by atoms with Gasteiger partial charge >= 0.3 is 0 Å². The molecule has 0 spiro atoms. The minimum atomic E-state index is 0.0666. The van der Waals surface area contributed by atoms with Gasteiger partial charge in [0.1, 0.15) is 0 Å². The van der Waals surface area contributed by atoms with Crippen LogP contribution in [0.25, 0.3) is 6.08 Å². The smallest absolute Gasteiger partial charge is 0.0867 e. The molecule has 0 fully saturated rings. The van der Waals surface area contributed by atoms with Gasteiger partial charge in [0, 0.05) is 13.5 Å². The molecule has 1 unspecified atom stereocenters. The van der Waals surface area contributed by atoms with Crippen LogP contribution in [0.5, 0.6) is 0 Å². The van der Waals surface area contributed by atoms with Crippen LogP contribution in [0.2, 0.25) is 0 Å². The van der Waals surface area contributed by atoms with Crippen molar-refractivity contribution in [3.8, 4) is 0 Å². The lowest BCUT2D eigenvalue weighted by Crippen LogP contribution is -2.08. The Bertz CT molecular complexity index is 571. The van der Waals surface area contributed by atoms with Gasteiger partial charge in [-0.25, -0.2) is 0 Å². The fraction of sp³-hybridized carbons (Fsp3) is 0.263. The van der Waals surface area contributed by atoms with Crippen molar-refractivity contribution in [3.63, 3.8) is 0 Å². The highest BCUT2D eigenvalue weighted by molar-refractivity contribution is 5.52. The van der Waals surface area contributed by atoms with Crippen LogP contribution >= 0.6 is 0 Å². The first-order valence-corrected chi connectivity index (χ1v) is 7.11. The topological polar surface area (TPSA) is 9.23 Å². The summed E-state index contributed by atoms with van der Waals surface area (Å²) in [6, 6.07) is 16.9. The summed E-state index contributed by atoms with van der Waals surface area (Å²) in [4.78, 5) is 0. The summed E-state index contributed by atoms with van der Waals surface area (Å²) in [6.07, 6.45) is 3.91. The van der Waals surface area contributed by atoms with Crippen LogP contribution in [-0.2, 0) is 17.6 Å². The SMILES string of the molecule is C=Cc1ccccc1C(Cc1ccccc1CC)OC. The van der Waals surface area contributed by atoms with E-state index in [4.69, 9.17) is 4.74 Å². The highest BCUT2D eigenvalue weighted by atomic mass is 16.5. The maximum absolute atomic E-state index is 5.73. The minimum Gasteiger partial charge on any atom is -0.376 e. The number of aryl methyl sites for hydroxylation is 1. The highest BCUT2D eigenvalue weighted by Crippen LogP contribution is 2.27. The van der Waals surface area contributed by atoms with Crippen molar-refractivity contribution in [2.45, 2.75) is 25.9 Å². The number of methoxy groups -OCH3 is 1. The first-order chi connectivity index (χ1) is 9.80. The number of hydrogen-bond acceptors (Lipinski definition) is 1. The Hall–Kier alpha value is -1.86. The zero-order valence-electron chi connectivity index (χ0n) is 12.3. The largest absolute Gasteiger partial charge is 0.376 e. The zero-order valence-corrected chi connectivity index (χ0v) is 12.3. The van der Waals surface area contributed by atoms with Crippen molar-refractivity contribution in [2.24, 2.45) is 0 Å². The summed E-state index contributed by atoms with van der Waals surface area (Å²) in [6.45, 7) is 6.09. The first kappa shape index (κ1) is 14.5. The van der Waals surface area contributed by atoms with Crippen molar-refractivity contribution >= 4 is 6.08 Å². The van der Waals surface area contributed by atoms with Gasteiger partial charge in [-0.15, -0.1) is 0 Å². The average molecular weight is 266 g/mol. The van der Waals surface area contributed by atoms with E-state index < -0.39 is 0 Å². The van der Waals surface area contributed by atoms with Gasteiger partial charge in [-0.3, -0.25) is 0 Å². The van der Waals surface area contributed by atoms with Crippen molar-refractivity contribution in [1.29, 1.82) is 0 Å². The van der Waals surface area contributed by atoms with Crippen molar-refractivity contribution < 1.29 is 4.74 Å². The van der Waals surface area contributed by atoms with Crippen molar-refractivity contribution in [2.75, 3.05) is 7.11 Å². The third-order valence-corrected chi connectivity index (χ3v) is 3.75. The molecule has 0 radical (unpaired) electrons. The van der Waals surface area contributed by atoms with Crippen molar-refractivity contribution in [1.82, 2.24) is 0 Å². The van der Waals surface area contributed by atoms with E-state index >= 15 is 0 Å². The second-order valence-electron chi connectivity index (χ2n) is 4.88.